The molecule has 3 aromatic rings. The summed E-state index contributed by atoms with van der Waals surface area (Å²) in [5.41, 5.74) is 3.35. The molecule has 0 bridgehead atoms. The molecule has 0 aliphatic carbocycles. The van der Waals surface area contributed by atoms with Gasteiger partial charge in [-0.25, -0.2) is 0 Å². The van der Waals surface area contributed by atoms with E-state index >= 15 is 0 Å². The zero-order valence-electron chi connectivity index (χ0n) is 18.6. The molecule has 6 heteroatoms. The number of hydrogen-bond acceptors (Lipinski definition) is 4. The lowest BCUT2D eigenvalue weighted by Gasteiger charge is -2.18. The van der Waals surface area contributed by atoms with Gasteiger partial charge in [-0.15, -0.1) is 0 Å². The molecular formula is C27H26N2O4. The van der Waals surface area contributed by atoms with Gasteiger partial charge in [-0.1, -0.05) is 62.4 Å². The van der Waals surface area contributed by atoms with Crippen molar-refractivity contribution in [3.63, 3.8) is 0 Å². The Labute approximate surface area is 193 Å². The van der Waals surface area contributed by atoms with Crippen molar-refractivity contribution in [2.45, 2.75) is 25.8 Å². The summed E-state index contributed by atoms with van der Waals surface area (Å²) < 4.78 is 10.7. The van der Waals surface area contributed by atoms with Crippen LogP contribution < -0.4 is 20.1 Å². The van der Waals surface area contributed by atoms with Crippen molar-refractivity contribution in [1.82, 2.24) is 5.32 Å². The first-order valence-corrected chi connectivity index (χ1v) is 10.8. The molecule has 2 N–H and O–H groups in total. The minimum Gasteiger partial charge on any atom is -0.454 e. The minimum absolute atomic E-state index is 0.192. The van der Waals surface area contributed by atoms with E-state index in [2.05, 4.69) is 24.5 Å². The number of ether oxygens (including phenoxy) is 2. The van der Waals surface area contributed by atoms with Crippen molar-refractivity contribution in [1.29, 1.82) is 0 Å². The fourth-order valence-electron chi connectivity index (χ4n) is 3.49. The largest absolute Gasteiger partial charge is 0.454 e. The van der Waals surface area contributed by atoms with Gasteiger partial charge in [0.05, 0.1) is 0 Å². The average molecular weight is 443 g/mol. The van der Waals surface area contributed by atoms with Gasteiger partial charge in [0.1, 0.15) is 6.04 Å². The van der Waals surface area contributed by atoms with Crippen LogP contribution in [-0.2, 0) is 9.59 Å². The van der Waals surface area contributed by atoms with Crippen molar-refractivity contribution < 1.29 is 19.1 Å². The maximum atomic E-state index is 13.1. The van der Waals surface area contributed by atoms with Gasteiger partial charge < -0.3 is 20.1 Å². The first-order valence-electron chi connectivity index (χ1n) is 10.8. The summed E-state index contributed by atoms with van der Waals surface area (Å²) in [6, 6.07) is 21.5. The summed E-state index contributed by atoms with van der Waals surface area (Å²) in [7, 11) is 0. The molecular weight excluding hydrogens is 416 g/mol. The fraction of sp³-hybridized carbons (Fsp3) is 0.185. The van der Waals surface area contributed by atoms with Crippen LogP contribution in [0.15, 0.2) is 78.9 Å². The molecule has 1 unspecified atom stereocenters. The predicted molar refractivity (Wildman–Crippen MR) is 128 cm³/mol. The topological polar surface area (TPSA) is 76.7 Å². The van der Waals surface area contributed by atoms with Crippen molar-refractivity contribution in [3.8, 4) is 11.5 Å². The number of hydrogen-bond donors (Lipinski definition) is 2. The molecule has 1 atom stereocenters. The van der Waals surface area contributed by atoms with Gasteiger partial charge in [-0.3, -0.25) is 9.59 Å². The minimum atomic E-state index is -0.843. The van der Waals surface area contributed by atoms with Crippen molar-refractivity contribution >= 4 is 23.6 Å². The molecule has 4 rings (SSSR count). The Hall–Kier alpha value is -4.06. The van der Waals surface area contributed by atoms with E-state index in [1.165, 1.54) is 11.6 Å². The third kappa shape index (κ3) is 5.60. The Morgan fingerprint density at radius 2 is 1.61 bits per heavy atom. The van der Waals surface area contributed by atoms with Gasteiger partial charge in [-0.2, -0.15) is 0 Å². The summed E-state index contributed by atoms with van der Waals surface area (Å²) in [6.45, 7) is 4.42. The van der Waals surface area contributed by atoms with Crippen LogP contribution in [-0.4, -0.2) is 18.6 Å². The van der Waals surface area contributed by atoms with Gasteiger partial charge in [0.2, 0.25) is 12.7 Å². The van der Waals surface area contributed by atoms with E-state index in [0.717, 1.165) is 5.56 Å². The average Bonchev–Trinajstić information content (AvgIpc) is 3.30. The smallest absolute Gasteiger partial charge is 0.251 e. The second-order valence-corrected chi connectivity index (χ2v) is 8.06. The Kier molecular flexibility index (Phi) is 6.74. The molecule has 1 heterocycles. The van der Waals surface area contributed by atoms with Gasteiger partial charge in [-0.05, 0) is 52.9 Å². The highest BCUT2D eigenvalue weighted by molar-refractivity contribution is 6.00. The molecule has 0 aromatic heterocycles. The Bertz CT molecular complexity index is 1150. The molecule has 1 aliphatic heterocycles. The molecule has 33 heavy (non-hydrogen) atoms. The van der Waals surface area contributed by atoms with E-state index < -0.39 is 6.04 Å². The maximum absolute atomic E-state index is 13.1. The third-order valence-corrected chi connectivity index (χ3v) is 5.35. The van der Waals surface area contributed by atoms with Crippen LogP contribution in [0.1, 0.15) is 42.5 Å². The number of anilines is 1. The molecule has 2 amide bonds. The quantitative estimate of drug-likeness (QED) is 0.502. The van der Waals surface area contributed by atoms with Crippen LogP contribution in [0.25, 0.3) is 6.08 Å². The number of benzene rings is 3. The van der Waals surface area contributed by atoms with Crippen LogP contribution in [0.5, 0.6) is 11.5 Å². The summed E-state index contributed by atoms with van der Waals surface area (Å²) in [5.74, 6) is 1.03. The van der Waals surface area contributed by atoms with Gasteiger partial charge in [0.15, 0.2) is 11.5 Å². The highest BCUT2D eigenvalue weighted by atomic mass is 16.7. The monoisotopic (exact) mass is 442 g/mol. The number of fused-ring (bicyclic) bond motifs is 1. The second kappa shape index (κ2) is 10.0. The molecule has 0 radical (unpaired) electrons. The van der Waals surface area contributed by atoms with Gasteiger partial charge >= 0.3 is 0 Å². The summed E-state index contributed by atoms with van der Waals surface area (Å²) >= 11 is 0. The van der Waals surface area contributed by atoms with Crippen molar-refractivity contribution in [2.75, 3.05) is 12.1 Å². The Morgan fingerprint density at radius 3 is 2.33 bits per heavy atom. The molecule has 0 fully saturated rings. The summed E-state index contributed by atoms with van der Waals surface area (Å²) in [5, 5.41) is 5.72. The predicted octanol–water partition coefficient (Wildman–Crippen LogP) is 5.05. The molecule has 0 spiro atoms. The molecule has 0 saturated heterocycles. The fourth-order valence-corrected chi connectivity index (χ4v) is 3.49. The van der Waals surface area contributed by atoms with E-state index in [-0.39, 0.29) is 18.6 Å². The number of carbonyl (C=O) groups is 2. The maximum Gasteiger partial charge on any atom is 0.251 e. The van der Waals surface area contributed by atoms with E-state index in [9.17, 15) is 9.59 Å². The lowest BCUT2D eigenvalue weighted by Crippen LogP contribution is -2.36. The lowest BCUT2D eigenvalue weighted by molar-refractivity contribution is -0.123. The standard InChI is InChI=1S/C27H26N2O4/c1-18(2)20-10-12-22(13-11-20)28-27(31)26(21-6-4-3-5-7-21)29-25(30)15-9-19-8-14-23-24(16-19)33-17-32-23/h3-16,18,26H,17H2,1-2H3,(H,28,31)(H,29,30)/b15-9+. The number of carbonyl (C=O) groups excluding carboxylic acids is 2. The Morgan fingerprint density at radius 1 is 0.879 bits per heavy atom. The van der Waals surface area contributed by atoms with Crippen LogP contribution in [0.3, 0.4) is 0 Å². The number of rotatable bonds is 7. The number of nitrogens with one attached hydrogen (secondary N) is 2. The van der Waals surface area contributed by atoms with Gasteiger partial charge in [0.25, 0.3) is 5.91 Å². The Balaban J connectivity index is 1.47. The van der Waals surface area contributed by atoms with Crippen molar-refractivity contribution in [3.05, 3.63) is 95.6 Å². The molecule has 6 nitrogen and oxygen atoms in total. The van der Waals surface area contributed by atoms with Crippen LogP contribution in [0.4, 0.5) is 5.69 Å². The second-order valence-electron chi connectivity index (χ2n) is 8.06. The molecule has 1 aliphatic rings. The van der Waals surface area contributed by atoms with E-state index in [0.29, 0.717) is 28.7 Å². The zero-order chi connectivity index (χ0) is 23.2. The first kappa shape index (κ1) is 22.1. The highest BCUT2D eigenvalue weighted by Gasteiger charge is 2.22. The molecule has 3 aromatic carbocycles. The summed E-state index contributed by atoms with van der Waals surface area (Å²) in [6.07, 6.45) is 3.07. The highest BCUT2D eigenvalue weighted by Crippen LogP contribution is 2.32. The lowest BCUT2D eigenvalue weighted by atomic mass is 10.0. The zero-order valence-corrected chi connectivity index (χ0v) is 18.6. The third-order valence-electron chi connectivity index (χ3n) is 5.35. The normalized spacial score (nSPS) is 13.2. The van der Waals surface area contributed by atoms with Crippen LogP contribution in [0.2, 0.25) is 0 Å². The van der Waals surface area contributed by atoms with Crippen LogP contribution >= 0.6 is 0 Å². The number of amides is 2. The van der Waals surface area contributed by atoms with E-state index in [4.69, 9.17) is 9.47 Å². The summed E-state index contributed by atoms with van der Waals surface area (Å²) in [4.78, 5) is 25.8. The van der Waals surface area contributed by atoms with E-state index in [1.807, 2.05) is 60.7 Å². The van der Waals surface area contributed by atoms with Crippen molar-refractivity contribution in [2.24, 2.45) is 0 Å². The van der Waals surface area contributed by atoms with Gasteiger partial charge in [0, 0.05) is 11.8 Å². The first-order chi connectivity index (χ1) is 16.0. The van der Waals surface area contributed by atoms with Crippen LogP contribution in [0, 0.1) is 0 Å². The SMILES string of the molecule is CC(C)c1ccc(NC(=O)C(NC(=O)/C=C/c2ccc3c(c2)OCO3)c2ccccc2)cc1. The van der Waals surface area contributed by atoms with E-state index in [1.54, 1.807) is 18.2 Å². The molecule has 0 saturated carbocycles. The molecule has 168 valence electrons.